The molecule has 2 unspecified atom stereocenters. The van der Waals surface area contributed by atoms with Gasteiger partial charge in [-0.3, -0.25) is 4.90 Å². The number of allylic oxidation sites excluding steroid dienone is 2. The lowest BCUT2D eigenvalue weighted by atomic mass is 9.90. The monoisotopic (exact) mass is 492 g/mol. The molecule has 0 amide bonds. The molecule has 0 radical (unpaired) electrons. The van der Waals surface area contributed by atoms with Gasteiger partial charge in [0.2, 0.25) is 0 Å². The Morgan fingerprint density at radius 2 is 2.03 bits per heavy atom. The summed E-state index contributed by atoms with van der Waals surface area (Å²) in [4.78, 5) is 4.80. The minimum Gasteiger partial charge on any atom is -0.493 e. The molecular weight excluding hydrogens is 448 g/mol. The molecular formula is C30H44N4O2. The maximum Gasteiger partial charge on any atom is 0.175 e. The van der Waals surface area contributed by atoms with E-state index in [1.807, 2.05) is 0 Å². The zero-order chi connectivity index (χ0) is 24.9. The second kappa shape index (κ2) is 11.9. The van der Waals surface area contributed by atoms with E-state index in [9.17, 15) is 0 Å². The summed E-state index contributed by atoms with van der Waals surface area (Å²) in [6, 6.07) is 4.30. The van der Waals surface area contributed by atoms with Gasteiger partial charge in [-0.1, -0.05) is 30.3 Å². The fourth-order valence-corrected chi connectivity index (χ4v) is 5.86. The Hall–Kier alpha value is -2.15. The lowest BCUT2D eigenvalue weighted by molar-refractivity contribution is 0.192. The Labute approximate surface area is 216 Å². The molecule has 2 aliphatic heterocycles. The van der Waals surface area contributed by atoms with E-state index in [4.69, 9.17) is 9.26 Å². The van der Waals surface area contributed by atoms with Gasteiger partial charge in [0.05, 0.1) is 17.9 Å². The largest absolute Gasteiger partial charge is 0.493 e. The van der Waals surface area contributed by atoms with Crippen LogP contribution in [0.1, 0.15) is 50.3 Å². The fourth-order valence-electron chi connectivity index (χ4n) is 5.86. The maximum atomic E-state index is 6.30. The van der Waals surface area contributed by atoms with E-state index in [-0.39, 0.29) is 0 Å². The smallest absolute Gasteiger partial charge is 0.175 e. The van der Waals surface area contributed by atoms with Gasteiger partial charge in [-0.25, -0.2) is 0 Å². The molecule has 6 heteroatoms. The van der Waals surface area contributed by atoms with Crippen molar-refractivity contribution < 1.29 is 9.26 Å². The van der Waals surface area contributed by atoms with Crippen LogP contribution < -0.4 is 10.1 Å². The quantitative estimate of drug-likeness (QED) is 0.501. The first kappa shape index (κ1) is 25.5. The number of nitrogens with zero attached hydrogens (tertiary/aromatic N) is 3. The Morgan fingerprint density at radius 1 is 1.17 bits per heavy atom. The molecule has 1 N–H and O–H groups in total. The molecule has 1 aromatic heterocycles. The van der Waals surface area contributed by atoms with Gasteiger partial charge in [-0.2, -0.15) is 0 Å². The third-order valence-electron chi connectivity index (χ3n) is 8.18. The average molecular weight is 493 g/mol. The molecule has 1 aliphatic carbocycles. The average Bonchev–Trinajstić information content (AvgIpc) is 3.54. The summed E-state index contributed by atoms with van der Waals surface area (Å²) >= 11 is 0. The van der Waals surface area contributed by atoms with E-state index in [0.29, 0.717) is 11.8 Å². The number of hydrogen-bond donors (Lipinski definition) is 1. The first-order valence-electron chi connectivity index (χ1n) is 14.0. The lowest BCUT2D eigenvalue weighted by Crippen LogP contribution is -2.35. The first-order valence-corrected chi connectivity index (χ1v) is 14.0. The van der Waals surface area contributed by atoms with Crippen molar-refractivity contribution >= 4 is 11.0 Å². The van der Waals surface area contributed by atoms with Gasteiger partial charge in [0.15, 0.2) is 5.58 Å². The van der Waals surface area contributed by atoms with Crippen molar-refractivity contribution in [3.05, 3.63) is 47.2 Å². The highest BCUT2D eigenvalue weighted by molar-refractivity contribution is 5.84. The number of hydrogen-bond acceptors (Lipinski definition) is 6. The predicted molar refractivity (Wildman–Crippen MR) is 146 cm³/mol. The van der Waals surface area contributed by atoms with Crippen LogP contribution in [0.2, 0.25) is 0 Å². The van der Waals surface area contributed by atoms with Crippen molar-refractivity contribution in [2.45, 2.75) is 52.0 Å². The summed E-state index contributed by atoms with van der Waals surface area (Å²) in [5, 5.41) is 9.12. The van der Waals surface area contributed by atoms with E-state index >= 15 is 0 Å². The molecule has 196 valence electrons. The number of aromatic nitrogens is 1. The highest BCUT2D eigenvalue weighted by Crippen LogP contribution is 2.33. The normalized spacial score (nSPS) is 23.6. The van der Waals surface area contributed by atoms with Crippen LogP contribution in [0.25, 0.3) is 11.0 Å². The van der Waals surface area contributed by atoms with Crippen molar-refractivity contribution in [1.82, 2.24) is 20.3 Å². The number of likely N-dealkylation sites (tertiary alicyclic amines) is 1. The SMILES string of the molecule is CC1C=CC(CN2CCC(CCc3noc4c(CN(C)C)c(OCC5CCNC5)ccc34)CC2)=CC1. The molecule has 2 saturated heterocycles. The zero-order valence-corrected chi connectivity index (χ0v) is 22.5. The molecule has 5 rings (SSSR count). The van der Waals surface area contributed by atoms with Crippen LogP contribution in [-0.2, 0) is 13.0 Å². The number of aryl methyl sites for hydroxylation is 1. The van der Waals surface area contributed by atoms with Crippen LogP contribution in [0.15, 0.2) is 40.5 Å². The Bertz CT molecular complexity index is 1060. The standard InChI is InChI=1S/C30H44N4O2/c1-22-4-6-24(7-5-22)19-34-16-13-23(14-17-34)8-10-28-26-9-11-29(35-21-25-12-15-31-18-25)27(20-33(2)3)30(26)36-32-28/h4,6-7,9,11,22-23,25,31H,5,8,10,12-21H2,1-3H3. The highest BCUT2D eigenvalue weighted by Gasteiger charge is 2.23. The van der Waals surface area contributed by atoms with E-state index in [0.717, 1.165) is 73.1 Å². The summed E-state index contributed by atoms with van der Waals surface area (Å²) in [5.74, 6) is 2.99. The third kappa shape index (κ3) is 6.39. The van der Waals surface area contributed by atoms with Crippen molar-refractivity contribution in [3.63, 3.8) is 0 Å². The minimum atomic E-state index is 0.587. The van der Waals surface area contributed by atoms with Crippen LogP contribution in [0, 0.1) is 17.8 Å². The van der Waals surface area contributed by atoms with Crippen molar-refractivity contribution in [1.29, 1.82) is 0 Å². The Kier molecular flexibility index (Phi) is 8.45. The van der Waals surface area contributed by atoms with Gasteiger partial charge in [0.1, 0.15) is 5.75 Å². The number of fused-ring (bicyclic) bond motifs is 1. The summed E-state index contributed by atoms with van der Waals surface area (Å²) < 4.78 is 12.2. The molecule has 0 saturated carbocycles. The number of rotatable bonds is 10. The van der Waals surface area contributed by atoms with E-state index in [2.05, 4.69) is 71.7 Å². The Morgan fingerprint density at radius 3 is 2.75 bits per heavy atom. The molecule has 0 bridgehead atoms. The summed E-state index contributed by atoms with van der Waals surface area (Å²) in [5.41, 5.74) is 4.62. The first-order chi connectivity index (χ1) is 17.5. The number of nitrogens with one attached hydrogen (secondary N) is 1. The van der Waals surface area contributed by atoms with Gasteiger partial charge in [0, 0.05) is 30.9 Å². The van der Waals surface area contributed by atoms with Crippen LogP contribution in [-0.4, -0.2) is 68.4 Å². The molecule has 2 fully saturated rings. The van der Waals surface area contributed by atoms with Crippen LogP contribution in [0.4, 0.5) is 0 Å². The van der Waals surface area contributed by atoms with E-state index in [1.165, 1.54) is 50.8 Å². The minimum absolute atomic E-state index is 0.587. The second-order valence-electron chi connectivity index (χ2n) is 11.6. The number of ether oxygens (including phenoxy) is 1. The Balaban J connectivity index is 1.17. The highest BCUT2D eigenvalue weighted by atomic mass is 16.5. The molecule has 36 heavy (non-hydrogen) atoms. The van der Waals surface area contributed by atoms with Crippen molar-refractivity contribution in [2.75, 3.05) is 53.4 Å². The molecule has 0 spiro atoms. The lowest BCUT2D eigenvalue weighted by Gasteiger charge is -2.32. The molecule has 2 aromatic rings. The topological polar surface area (TPSA) is 53.8 Å². The second-order valence-corrected chi connectivity index (χ2v) is 11.6. The third-order valence-corrected chi connectivity index (χ3v) is 8.18. The van der Waals surface area contributed by atoms with E-state index < -0.39 is 0 Å². The summed E-state index contributed by atoms with van der Waals surface area (Å²) in [6.07, 6.45) is 14.2. The van der Waals surface area contributed by atoms with Gasteiger partial charge < -0.3 is 19.5 Å². The van der Waals surface area contributed by atoms with Crippen LogP contribution in [0.5, 0.6) is 5.75 Å². The fraction of sp³-hybridized carbons (Fsp3) is 0.633. The van der Waals surface area contributed by atoms with E-state index in [1.54, 1.807) is 0 Å². The van der Waals surface area contributed by atoms with Crippen molar-refractivity contribution in [3.8, 4) is 5.75 Å². The van der Waals surface area contributed by atoms with Crippen LogP contribution >= 0.6 is 0 Å². The number of benzene rings is 1. The van der Waals surface area contributed by atoms with Crippen molar-refractivity contribution in [2.24, 2.45) is 17.8 Å². The zero-order valence-electron chi connectivity index (χ0n) is 22.5. The van der Waals surface area contributed by atoms with Gasteiger partial charge in [-0.05, 0) is 102 Å². The van der Waals surface area contributed by atoms with Crippen LogP contribution in [0.3, 0.4) is 0 Å². The molecule has 3 aliphatic rings. The predicted octanol–water partition coefficient (Wildman–Crippen LogP) is 5.04. The summed E-state index contributed by atoms with van der Waals surface area (Å²) in [6.45, 7) is 9.49. The number of piperidine rings is 1. The van der Waals surface area contributed by atoms with Gasteiger partial charge in [0.25, 0.3) is 0 Å². The summed E-state index contributed by atoms with van der Waals surface area (Å²) in [7, 11) is 4.18. The molecule has 2 atom stereocenters. The van der Waals surface area contributed by atoms with Gasteiger partial charge in [-0.15, -0.1) is 0 Å². The molecule has 3 heterocycles. The molecule has 1 aromatic carbocycles. The van der Waals surface area contributed by atoms with Gasteiger partial charge >= 0.3 is 0 Å². The molecule has 6 nitrogen and oxygen atoms in total. The maximum absolute atomic E-state index is 6.30.